The second-order valence-electron chi connectivity index (χ2n) is 8.20. The number of benzene rings is 2. The lowest BCUT2D eigenvalue weighted by molar-refractivity contribution is -0.119. The molecule has 2 N–H and O–H groups in total. The molecule has 1 aliphatic carbocycles. The summed E-state index contributed by atoms with van der Waals surface area (Å²) in [6.45, 7) is 5.59. The molecule has 1 saturated heterocycles. The first kappa shape index (κ1) is 19.5. The summed E-state index contributed by atoms with van der Waals surface area (Å²) in [5, 5.41) is 6.01. The van der Waals surface area contributed by atoms with Crippen molar-refractivity contribution in [3.63, 3.8) is 0 Å². The van der Waals surface area contributed by atoms with Crippen LogP contribution in [-0.4, -0.2) is 36.0 Å². The van der Waals surface area contributed by atoms with E-state index < -0.39 is 6.04 Å². The van der Waals surface area contributed by atoms with Crippen LogP contribution in [-0.2, 0) is 11.2 Å². The second kappa shape index (κ2) is 8.27. The van der Waals surface area contributed by atoms with Crippen molar-refractivity contribution in [2.24, 2.45) is 5.92 Å². The molecule has 1 aliphatic heterocycles. The van der Waals surface area contributed by atoms with E-state index >= 15 is 0 Å². The molecule has 0 saturated carbocycles. The van der Waals surface area contributed by atoms with Gasteiger partial charge in [0, 0.05) is 18.8 Å². The number of rotatable bonds is 5. The molecule has 2 atom stereocenters. The predicted octanol–water partition coefficient (Wildman–Crippen LogP) is 4.42. The highest BCUT2D eigenvalue weighted by molar-refractivity contribution is 5.97. The van der Waals surface area contributed by atoms with Gasteiger partial charge in [-0.05, 0) is 59.6 Å². The molecule has 29 heavy (non-hydrogen) atoms. The minimum Gasteiger partial charge on any atom is -0.326 e. The molecule has 0 aromatic heterocycles. The lowest BCUT2D eigenvalue weighted by atomic mass is 9.98. The lowest BCUT2D eigenvalue weighted by Gasteiger charge is -2.26. The zero-order valence-electron chi connectivity index (χ0n) is 17.2. The number of carbonyl (C=O) groups excluding carboxylic acids is 2. The number of fused-ring (bicyclic) bond motifs is 3. The van der Waals surface area contributed by atoms with E-state index in [0.717, 1.165) is 44.5 Å². The number of hydrogen-bond donors (Lipinski definition) is 2. The third kappa shape index (κ3) is 4.00. The Balaban J connectivity index is 1.47. The molecule has 5 nitrogen and oxygen atoms in total. The summed E-state index contributed by atoms with van der Waals surface area (Å²) in [6.07, 6.45) is 3.77. The Morgan fingerprint density at radius 1 is 1.03 bits per heavy atom. The first-order chi connectivity index (χ1) is 14.1. The zero-order chi connectivity index (χ0) is 20.4. The number of nitrogens with one attached hydrogen (secondary N) is 2. The fourth-order valence-corrected chi connectivity index (χ4v) is 4.29. The Kier molecular flexibility index (Phi) is 5.56. The van der Waals surface area contributed by atoms with Gasteiger partial charge >= 0.3 is 6.03 Å². The van der Waals surface area contributed by atoms with Crippen molar-refractivity contribution >= 4 is 17.6 Å². The number of urea groups is 1. The fraction of sp³-hybridized carbons (Fsp3) is 0.417. The standard InChI is InChI=1S/C24H29N3O2/c1-3-16(2)22(26-24(29)27-12-6-7-13-27)23(28)25-19-10-11-21-18(15-19)14-17-8-4-5-9-20(17)21/h4-5,8-11,15-16,22H,3,6-7,12-14H2,1-2H3,(H,25,28)(H,26,29)/t16?,22-/m0/s1. The van der Waals surface area contributed by atoms with E-state index in [1.807, 2.05) is 19.9 Å². The molecule has 2 aromatic carbocycles. The van der Waals surface area contributed by atoms with Gasteiger partial charge in [0.25, 0.3) is 0 Å². The van der Waals surface area contributed by atoms with Crippen LogP contribution in [0.5, 0.6) is 0 Å². The van der Waals surface area contributed by atoms with Crippen LogP contribution in [0.2, 0.25) is 0 Å². The van der Waals surface area contributed by atoms with Crippen LogP contribution in [0.3, 0.4) is 0 Å². The maximum atomic E-state index is 13.0. The van der Waals surface area contributed by atoms with Gasteiger partial charge < -0.3 is 15.5 Å². The Labute approximate surface area is 172 Å². The summed E-state index contributed by atoms with van der Waals surface area (Å²) in [7, 11) is 0. The maximum Gasteiger partial charge on any atom is 0.318 e. The molecule has 0 radical (unpaired) electrons. The third-order valence-electron chi connectivity index (χ3n) is 6.23. The summed E-state index contributed by atoms with van der Waals surface area (Å²) in [6, 6.07) is 13.8. The van der Waals surface area contributed by atoms with E-state index in [-0.39, 0.29) is 17.9 Å². The molecule has 1 heterocycles. The number of likely N-dealkylation sites (tertiary alicyclic amines) is 1. The van der Waals surface area contributed by atoms with E-state index in [4.69, 9.17) is 0 Å². The fourth-order valence-electron chi connectivity index (χ4n) is 4.29. The molecule has 0 spiro atoms. The van der Waals surface area contributed by atoms with E-state index in [1.165, 1.54) is 22.3 Å². The first-order valence-corrected chi connectivity index (χ1v) is 10.6. The summed E-state index contributed by atoms with van der Waals surface area (Å²) in [5.41, 5.74) is 5.84. The van der Waals surface area contributed by atoms with E-state index in [0.29, 0.717) is 0 Å². The van der Waals surface area contributed by atoms with Crippen LogP contribution in [0, 0.1) is 5.92 Å². The molecule has 2 aromatic rings. The molecular formula is C24H29N3O2. The highest BCUT2D eigenvalue weighted by Crippen LogP contribution is 2.37. The van der Waals surface area contributed by atoms with Gasteiger partial charge in [-0.2, -0.15) is 0 Å². The van der Waals surface area contributed by atoms with E-state index in [1.54, 1.807) is 4.90 Å². The zero-order valence-corrected chi connectivity index (χ0v) is 17.2. The minimum atomic E-state index is -0.543. The van der Waals surface area contributed by atoms with E-state index in [9.17, 15) is 9.59 Å². The SMILES string of the molecule is CCC(C)[C@H](NC(=O)N1CCCC1)C(=O)Nc1ccc2c(c1)Cc1ccccc1-2. The van der Waals surface area contributed by atoms with Gasteiger partial charge in [-0.25, -0.2) is 4.79 Å². The van der Waals surface area contributed by atoms with Gasteiger partial charge in [0.15, 0.2) is 0 Å². The average Bonchev–Trinajstić information content (AvgIpc) is 3.38. The topological polar surface area (TPSA) is 61.4 Å². The second-order valence-corrected chi connectivity index (χ2v) is 8.20. The third-order valence-corrected chi connectivity index (χ3v) is 6.23. The van der Waals surface area contributed by atoms with Gasteiger partial charge in [0.05, 0.1) is 0 Å². The van der Waals surface area contributed by atoms with Crippen molar-refractivity contribution in [2.45, 2.75) is 45.6 Å². The van der Waals surface area contributed by atoms with Crippen LogP contribution in [0.4, 0.5) is 10.5 Å². The van der Waals surface area contributed by atoms with Gasteiger partial charge in [0.2, 0.25) is 5.91 Å². The number of nitrogens with zero attached hydrogens (tertiary/aromatic N) is 1. The van der Waals surface area contributed by atoms with Crippen molar-refractivity contribution in [3.05, 3.63) is 53.6 Å². The van der Waals surface area contributed by atoms with Crippen molar-refractivity contribution in [1.82, 2.24) is 10.2 Å². The molecule has 152 valence electrons. The Hall–Kier alpha value is -2.82. The van der Waals surface area contributed by atoms with E-state index in [2.05, 4.69) is 47.0 Å². The maximum absolute atomic E-state index is 13.0. The molecule has 3 amide bonds. The smallest absolute Gasteiger partial charge is 0.318 e. The molecule has 2 aliphatic rings. The molecule has 4 rings (SSSR count). The van der Waals surface area contributed by atoms with Crippen LogP contribution >= 0.6 is 0 Å². The van der Waals surface area contributed by atoms with Crippen LogP contribution in [0.1, 0.15) is 44.2 Å². The Bertz CT molecular complexity index is 918. The Morgan fingerprint density at radius 3 is 2.52 bits per heavy atom. The molecule has 1 fully saturated rings. The number of amides is 3. The van der Waals surface area contributed by atoms with Crippen molar-refractivity contribution in [3.8, 4) is 11.1 Å². The summed E-state index contributed by atoms with van der Waals surface area (Å²) < 4.78 is 0. The number of anilines is 1. The summed E-state index contributed by atoms with van der Waals surface area (Å²) in [5.74, 6) is -0.0948. The average molecular weight is 392 g/mol. The number of hydrogen-bond acceptors (Lipinski definition) is 2. The monoisotopic (exact) mass is 391 g/mol. The van der Waals surface area contributed by atoms with Gasteiger partial charge in [-0.1, -0.05) is 50.6 Å². The van der Waals surface area contributed by atoms with Gasteiger partial charge in [0.1, 0.15) is 6.04 Å². The van der Waals surface area contributed by atoms with Crippen LogP contribution < -0.4 is 10.6 Å². The van der Waals surface area contributed by atoms with Crippen LogP contribution in [0.25, 0.3) is 11.1 Å². The summed E-state index contributed by atoms with van der Waals surface area (Å²) in [4.78, 5) is 27.4. The predicted molar refractivity (Wildman–Crippen MR) is 116 cm³/mol. The van der Waals surface area contributed by atoms with Crippen molar-refractivity contribution in [1.29, 1.82) is 0 Å². The molecule has 1 unspecified atom stereocenters. The normalized spacial score (nSPS) is 16.7. The molecule has 5 heteroatoms. The lowest BCUT2D eigenvalue weighted by Crippen LogP contribution is -2.51. The van der Waals surface area contributed by atoms with Gasteiger partial charge in [-0.15, -0.1) is 0 Å². The minimum absolute atomic E-state index is 0.0558. The highest BCUT2D eigenvalue weighted by atomic mass is 16.2. The summed E-state index contributed by atoms with van der Waals surface area (Å²) >= 11 is 0. The first-order valence-electron chi connectivity index (χ1n) is 10.6. The molecule has 0 bridgehead atoms. The highest BCUT2D eigenvalue weighted by Gasteiger charge is 2.29. The molecular weight excluding hydrogens is 362 g/mol. The van der Waals surface area contributed by atoms with Crippen LogP contribution in [0.15, 0.2) is 42.5 Å². The van der Waals surface area contributed by atoms with Crippen molar-refractivity contribution < 1.29 is 9.59 Å². The van der Waals surface area contributed by atoms with Gasteiger partial charge in [-0.3, -0.25) is 4.79 Å². The number of carbonyl (C=O) groups is 2. The largest absolute Gasteiger partial charge is 0.326 e. The Morgan fingerprint density at radius 2 is 1.76 bits per heavy atom. The quantitative estimate of drug-likeness (QED) is 0.676. The van der Waals surface area contributed by atoms with Crippen molar-refractivity contribution in [2.75, 3.05) is 18.4 Å².